The van der Waals surface area contributed by atoms with Crippen molar-refractivity contribution in [1.82, 2.24) is 15.1 Å². The van der Waals surface area contributed by atoms with E-state index in [1.807, 2.05) is 11.7 Å². The maximum absolute atomic E-state index is 5.93. The molecule has 2 heterocycles. The molecule has 0 saturated heterocycles. The van der Waals surface area contributed by atoms with E-state index in [-0.39, 0.29) is 11.6 Å². The largest absolute Gasteiger partial charge is 0.487 e. The highest BCUT2D eigenvalue weighted by molar-refractivity contribution is 5.41. The number of nitrogens with one attached hydrogen (secondary N) is 1. The predicted octanol–water partition coefficient (Wildman–Crippen LogP) is 3.29. The Morgan fingerprint density at radius 1 is 1.41 bits per heavy atom. The molecule has 1 unspecified atom stereocenters. The molecular weight excluding hydrogens is 274 g/mol. The molecule has 0 bridgehead atoms. The second kappa shape index (κ2) is 5.43. The molecule has 0 fully saturated rings. The van der Waals surface area contributed by atoms with E-state index in [1.54, 1.807) is 0 Å². The molecule has 4 heteroatoms. The van der Waals surface area contributed by atoms with Crippen molar-refractivity contribution < 1.29 is 4.74 Å². The summed E-state index contributed by atoms with van der Waals surface area (Å²) in [6, 6.07) is 6.80. The zero-order valence-electron chi connectivity index (χ0n) is 14.1. The molecule has 3 rings (SSSR count). The van der Waals surface area contributed by atoms with Crippen LogP contribution in [0.15, 0.2) is 24.4 Å². The number of aromatic nitrogens is 2. The van der Waals surface area contributed by atoms with E-state index in [0.717, 1.165) is 24.4 Å². The summed E-state index contributed by atoms with van der Waals surface area (Å²) >= 11 is 0. The third-order valence-electron chi connectivity index (χ3n) is 4.26. The van der Waals surface area contributed by atoms with E-state index in [4.69, 9.17) is 4.74 Å². The molecule has 2 aromatic rings. The molecule has 0 aliphatic carbocycles. The van der Waals surface area contributed by atoms with Crippen molar-refractivity contribution in [2.45, 2.75) is 52.3 Å². The molecule has 1 aliphatic heterocycles. The number of rotatable bonds is 4. The Kier molecular flexibility index (Phi) is 3.73. The fourth-order valence-corrected chi connectivity index (χ4v) is 3.20. The van der Waals surface area contributed by atoms with Gasteiger partial charge in [0.25, 0.3) is 0 Å². The van der Waals surface area contributed by atoms with Gasteiger partial charge in [-0.05, 0) is 44.9 Å². The van der Waals surface area contributed by atoms with E-state index in [9.17, 15) is 0 Å². The van der Waals surface area contributed by atoms with E-state index in [0.29, 0.717) is 0 Å². The van der Waals surface area contributed by atoms with E-state index in [2.05, 4.69) is 62.5 Å². The van der Waals surface area contributed by atoms with Gasteiger partial charge in [0.2, 0.25) is 0 Å². The molecule has 1 N–H and O–H groups in total. The summed E-state index contributed by atoms with van der Waals surface area (Å²) in [5.74, 6) is 1.03. The quantitative estimate of drug-likeness (QED) is 0.941. The SMILES string of the molecule is Cc1nn(C)cc1C(C)NCc1ccc2c(c1)CC(C)(C)O2. The first-order valence-corrected chi connectivity index (χ1v) is 7.88. The van der Waals surface area contributed by atoms with Crippen LogP contribution in [0.1, 0.15) is 49.2 Å². The lowest BCUT2D eigenvalue weighted by atomic mass is 10.00. The Morgan fingerprint density at radius 2 is 2.18 bits per heavy atom. The highest BCUT2D eigenvalue weighted by Gasteiger charge is 2.29. The number of benzene rings is 1. The molecule has 22 heavy (non-hydrogen) atoms. The van der Waals surface area contributed by atoms with Crippen LogP contribution in [0, 0.1) is 6.92 Å². The van der Waals surface area contributed by atoms with Crippen LogP contribution in [0.2, 0.25) is 0 Å². The highest BCUT2D eigenvalue weighted by Crippen LogP contribution is 2.35. The molecular formula is C18H25N3O. The molecule has 0 spiro atoms. The monoisotopic (exact) mass is 299 g/mol. The fraction of sp³-hybridized carbons (Fsp3) is 0.500. The van der Waals surface area contributed by atoms with Gasteiger partial charge < -0.3 is 10.1 Å². The third kappa shape index (κ3) is 3.02. The van der Waals surface area contributed by atoms with Crippen LogP contribution in [0.4, 0.5) is 0 Å². The molecule has 0 radical (unpaired) electrons. The van der Waals surface area contributed by atoms with Gasteiger partial charge in [0, 0.05) is 37.8 Å². The smallest absolute Gasteiger partial charge is 0.123 e. The average molecular weight is 299 g/mol. The maximum atomic E-state index is 5.93. The van der Waals surface area contributed by atoms with E-state index in [1.165, 1.54) is 16.7 Å². The van der Waals surface area contributed by atoms with Gasteiger partial charge in [-0.25, -0.2) is 0 Å². The van der Waals surface area contributed by atoms with Crippen LogP contribution in [0.25, 0.3) is 0 Å². The van der Waals surface area contributed by atoms with Crippen molar-refractivity contribution in [2.75, 3.05) is 0 Å². The van der Waals surface area contributed by atoms with Gasteiger partial charge in [0.15, 0.2) is 0 Å². The second-order valence-electron chi connectivity index (χ2n) is 6.93. The summed E-state index contributed by atoms with van der Waals surface area (Å²) in [5, 5.41) is 8.00. The normalized spacial score (nSPS) is 17.1. The zero-order valence-corrected chi connectivity index (χ0v) is 14.1. The Bertz CT molecular complexity index is 688. The van der Waals surface area contributed by atoms with E-state index >= 15 is 0 Å². The zero-order chi connectivity index (χ0) is 15.9. The van der Waals surface area contributed by atoms with Gasteiger partial charge >= 0.3 is 0 Å². The van der Waals surface area contributed by atoms with Gasteiger partial charge in [-0.2, -0.15) is 5.10 Å². The van der Waals surface area contributed by atoms with Crippen molar-refractivity contribution in [3.8, 4) is 5.75 Å². The van der Waals surface area contributed by atoms with Gasteiger partial charge in [0.1, 0.15) is 11.4 Å². The van der Waals surface area contributed by atoms with Crippen molar-refractivity contribution in [2.24, 2.45) is 7.05 Å². The Labute approximate surface area is 132 Å². The lowest BCUT2D eigenvalue weighted by Crippen LogP contribution is -2.24. The lowest BCUT2D eigenvalue weighted by Gasteiger charge is -2.16. The summed E-state index contributed by atoms with van der Waals surface area (Å²) in [6.45, 7) is 9.37. The third-order valence-corrected chi connectivity index (χ3v) is 4.26. The van der Waals surface area contributed by atoms with Crippen molar-refractivity contribution in [1.29, 1.82) is 0 Å². The summed E-state index contributed by atoms with van der Waals surface area (Å²) in [6.07, 6.45) is 3.07. The minimum absolute atomic E-state index is 0.0749. The number of aryl methyl sites for hydroxylation is 2. The van der Waals surface area contributed by atoms with Gasteiger partial charge in [-0.15, -0.1) is 0 Å². The molecule has 118 valence electrons. The van der Waals surface area contributed by atoms with Crippen LogP contribution < -0.4 is 10.1 Å². The average Bonchev–Trinajstić information content (AvgIpc) is 2.92. The molecule has 0 saturated carbocycles. The molecule has 4 nitrogen and oxygen atoms in total. The van der Waals surface area contributed by atoms with Gasteiger partial charge in [0.05, 0.1) is 5.69 Å². The molecule has 1 aromatic heterocycles. The fourth-order valence-electron chi connectivity index (χ4n) is 3.20. The molecule has 0 amide bonds. The first kappa shape index (κ1) is 15.1. The van der Waals surface area contributed by atoms with Crippen LogP contribution in [0.3, 0.4) is 0 Å². The van der Waals surface area contributed by atoms with Crippen molar-refractivity contribution in [3.63, 3.8) is 0 Å². The first-order valence-electron chi connectivity index (χ1n) is 7.88. The minimum Gasteiger partial charge on any atom is -0.487 e. The van der Waals surface area contributed by atoms with Crippen molar-refractivity contribution >= 4 is 0 Å². The van der Waals surface area contributed by atoms with Gasteiger partial charge in [-0.3, -0.25) is 4.68 Å². The van der Waals surface area contributed by atoms with E-state index < -0.39 is 0 Å². The summed E-state index contributed by atoms with van der Waals surface area (Å²) in [7, 11) is 1.96. The Morgan fingerprint density at radius 3 is 2.86 bits per heavy atom. The highest BCUT2D eigenvalue weighted by atomic mass is 16.5. The van der Waals surface area contributed by atoms with Crippen LogP contribution in [0.5, 0.6) is 5.75 Å². The van der Waals surface area contributed by atoms with Crippen LogP contribution >= 0.6 is 0 Å². The number of hydrogen-bond donors (Lipinski definition) is 1. The minimum atomic E-state index is -0.0749. The lowest BCUT2D eigenvalue weighted by molar-refractivity contribution is 0.138. The first-order chi connectivity index (χ1) is 10.3. The number of hydrogen-bond acceptors (Lipinski definition) is 3. The Hall–Kier alpha value is -1.81. The predicted molar refractivity (Wildman–Crippen MR) is 88.1 cm³/mol. The maximum Gasteiger partial charge on any atom is 0.123 e. The topological polar surface area (TPSA) is 39.1 Å². The molecule has 1 aromatic carbocycles. The Balaban J connectivity index is 1.67. The number of fused-ring (bicyclic) bond motifs is 1. The van der Waals surface area contributed by atoms with Crippen molar-refractivity contribution in [3.05, 3.63) is 46.8 Å². The molecule has 1 atom stereocenters. The standard InChI is InChI=1S/C18H25N3O/c1-12(16-11-21(5)20-13(16)2)19-10-14-6-7-17-15(8-14)9-18(3,4)22-17/h6-8,11-12,19H,9-10H2,1-5H3. The second-order valence-corrected chi connectivity index (χ2v) is 6.93. The number of nitrogens with zero attached hydrogens (tertiary/aromatic N) is 2. The summed E-state index contributed by atoms with van der Waals surface area (Å²) in [5.41, 5.74) is 4.89. The molecule has 1 aliphatic rings. The van der Waals surface area contributed by atoms with Crippen LogP contribution in [-0.2, 0) is 20.0 Å². The van der Waals surface area contributed by atoms with Crippen LogP contribution in [-0.4, -0.2) is 15.4 Å². The van der Waals surface area contributed by atoms with Gasteiger partial charge in [-0.1, -0.05) is 12.1 Å². The summed E-state index contributed by atoms with van der Waals surface area (Å²) in [4.78, 5) is 0. The summed E-state index contributed by atoms with van der Waals surface area (Å²) < 4.78 is 7.80. The number of ether oxygens (including phenoxy) is 1.